The van der Waals surface area contributed by atoms with E-state index in [0.29, 0.717) is 28.0 Å². The molecule has 0 bridgehead atoms. The Labute approximate surface area is 243 Å². The lowest BCUT2D eigenvalue weighted by atomic mass is 10.1. The fourth-order valence-electron chi connectivity index (χ4n) is 5.05. The summed E-state index contributed by atoms with van der Waals surface area (Å²) in [4.78, 5) is 30.2. The first kappa shape index (κ1) is 28.9. The Balaban J connectivity index is 1.53. The van der Waals surface area contributed by atoms with Crippen molar-refractivity contribution in [1.29, 1.82) is 0 Å². The molecule has 0 spiro atoms. The Hall–Kier alpha value is -3.61. The van der Waals surface area contributed by atoms with Crippen LogP contribution in [0.25, 0.3) is 11.0 Å². The lowest BCUT2D eigenvalue weighted by molar-refractivity contribution is -0.127. The molecule has 1 aliphatic carbocycles. The molecule has 0 aliphatic heterocycles. The van der Waals surface area contributed by atoms with Crippen LogP contribution in [0.2, 0.25) is 0 Å². The number of carbonyl (C=O) groups excluding carboxylic acids is 2. The Bertz CT molecular complexity index is 1600. The molecular weight excluding hydrogens is 560 g/mol. The summed E-state index contributed by atoms with van der Waals surface area (Å²) in [5.74, 6) is -0.653. The van der Waals surface area contributed by atoms with Gasteiger partial charge in [0, 0.05) is 22.6 Å². The number of carbonyl (C=O) groups is 2. The summed E-state index contributed by atoms with van der Waals surface area (Å²) in [6, 6.07) is 16.0. The fraction of sp³-hybridized carbons (Fsp3) is 0.379. The number of benzene rings is 2. The third kappa shape index (κ3) is 6.50. The normalized spacial score (nSPS) is 15.6. The molecule has 0 unspecified atom stereocenters. The zero-order valence-electron chi connectivity index (χ0n) is 23.1. The van der Waals surface area contributed by atoms with Crippen molar-refractivity contribution < 1.29 is 18.0 Å². The predicted octanol–water partition coefficient (Wildman–Crippen LogP) is 4.40. The number of amides is 2. The highest BCUT2D eigenvalue weighted by molar-refractivity contribution is 7.89. The molecule has 1 saturated carbocycles. The molecule has 1 fully saturated rings. The topological polar surface area (TPSA) is 126 Å². The number of fused-ring (bicyclic) bond motifs is 1. The largest absolute Gasteiger partial charge is 0.351 e. The maximum atomic E-state index is 14.1. The van der Waals surface area contributed by atoms with Crippen molar-refractivity contribution in [3.05, 3.63) is 70.9 Å². The smallest absolute Gasteiger partial charge is 0.249 e. The molecule has 2 aromatic carbocycles. The Morgan fingerprint density at radius 1 is 1.07 bits per heavy atom. The fourth-order valence-corrected chi connectivity index (χ4v) is 7.19. The maximum Gasteiger partial charge on any atom is 0.249 e. The van der Waals surface area contributed by atoms with E-state index < -0.39 is 16.1 Å². The van der Waals surface area contributed by atoms with Gasteiger partial charge < -0.3 is 5.32 Å². The first-order valence-corrected chi connectivity index (χ1v) is 16.2. The van der Waals surface area contributed by atoms with Crippen molar-refractivity contribution in [2.75, 3.05) is 4.90 Å². The van der Waals surface area contributed by atoms with Crippen LogP contribution in [0.3, 0.4) is 0 Å². The molecule has 216 valence electrons. The highest BCUT2D eigenvalue weighted by Crippen LogP contribution is 2.33. The second-order valence-corrected chi connectivity index (χ2v) is 13.0. The van der Waals surface area contributed by atoms with E-state index in [9.17, 15) is 18.0 Å². The van der Waals surface area contributed by atoms with Crippen molar-refractivity contribution in [3.8, 4) is 0 Å². The average molecular weight is 595 g/mol. The quantitative estimate of drug-likeness (QED) is 0.265. The average Bonchev–Trinajstić information content (AvgIpc) is 3.75. The number of para-hydroxylation sites is 1. The van der Waals surface area contributed by atoms with Crippen molar-refractivity contribution in [2.45, 2.75) is 75.5 Å². The van der Waals surface area contributed by atoms with Crippen LogP contribution >= 0.6 is 11.3 Å². The summed E-state index contributed by atoms with van der Waals surface area (Å²) in [5.41, 5.74) is 1.76. The van der Waals surface area contributed by atoms with Gasteiger partial charge in [-0.15, -0.1) is 16.4 Å². The standard InChI is InChI=1S/C29H34N6O4S2/c1-3-20(2)32-41(38,39)23-16-14-22(15-17-23)35(27(36)19-34-25-12-7-6-11-24(25)31-33-34)28(26-13-8-18-40-26)29(37)30-21-9-4-5-10-21/h6-8,11-18,20-21,28,32H,3-5,9-10,19H2,1-2H3,(H,30,37)/t20-,28+/m1/s1. The van der Waals surface area contributed by atoms with Gasteiger partial charge in [-0.3, -0.25) is 14.5 Å². The molecule has 2 atom stereocenters. The van der Waals surface area contributed by atoms with Crippen LogP contribution in [0.5, 0.6) is 0 Å². The van der Waals surface area contributed by atoms with Crippen molar-refractivity contribution in [1.82, 2.24) is 25.0 Å². The highest BCUT2D eigenvalue weighted by atomic mass is 32.2. The van der Waals surface area contributed by atoms with Crippen LogP contribution in [-0.2, 0) is 26.2 Å². The van der Waals surface area contributed by atoms with Gasteiger partial charge in [0.2, 0.25) is 21.8 Å². The summed E-state index contributed by atoms with van der Waals surface area (Å²) in [6.45, 7) is 3.54. The number of anilines is 1. The van der Waals surface area contributed by atoms with E-state index in [4.69, 9.17) is 0 Å². The first-order valence-electron chi connectivity index (χ1n) is 13.8. The molecule has 2 aromatic heterocycles. The minimum absolute atomic E-state index is 0.0559. The number of nitrogens with one attached hydrogen (secondary N) is 2. The summed E-state index contributed by atoms with van der Waals surface area (Å²) in [6.07, 6.45) is 4.55. The van der Waals surface area contributed by atoms with E-state index in [1.807, 2.05) is 48.7 Å². The SMILES string of the molecule is CC[C@@H](C)NS(=O)(=O)c1ccc(N(C(=O)Cn2nnc3ccccc32)[C@H](C(=O)NC2CCCC2)c2cccs2)cc1. The second kappa shape index (κ2) is 12.5. The van der Waals surface area contributed by atoms with Gasteiger partial charge in [0.05, 0.1) is 10.4 Å². The molecule has 41 heavy (non-hydrogen) atoms. The van der Waals surface area contributed by atoms with Gasteiger partial charge in [-0.1, -0.05) is 43.2 Å². The van der Waals surface area contributed by atoms with Crippen molar-refractivity contribution >= 4 is 49.9 Å². The van der Waals surface area contributed by atoms with Gasteiger partial charge in [-0.05, 0) is 74.0 Å². The van der Waals surface area contributed by atoms with Gasteiger partial charge in [0.15, 0.2) is 0 Å². The Kier molecular flexibility index (Phi) is 8.81. The number of aromatic nitrogens is 3. The van der Waals surface area contributed by atoms with Gasteiger partial charge in [-0.25, -0.2) is 17.8 Å². The molecule has 2 N–H and O–H groups in total. The lowest BCUT2D eigenvalue weighted by Crippen LogP contribution is -2.47. The molecule has 2 amide bonds. The summed E-state index contributed by atoms with van der Waals surface area (Å²) >= 11 is 1.39. The molecular formula is C29H34N6O4S2. The van der Waals surface area contributed by atoms with Crippen LogP contribution in [0.4, 0.5) is 5.69 Å². The summed E-state index contributed by atoms with van der Waals surface area (Å²) < 4.78 is 30.0. The van der Waals surface area contributed by atoms with Crippen molar-refractivity contribution in [3.63, 3.8) is 0 Å². The minimum atomic E-state index is -3.75. The number of rotatable bonds is 11. The summed E-state index contributed by atoms with van der Waals surface area (Å²) in [7, 11) is -3.75. The van der Waals surface area contributed by atoms with Crippen LogP contribution in [-0.4, -0.2) is 47.3 Å². The molecule has 5 rings (SSSR count). The molecule has 0 saturated heterocycles. The first-order chi connectivity index (χ1) is 19.8. The number of sulfonamides is 1. The van der Waals surface area contributed by atoms with Gasteiger partial charge >= 0.3 is 0 Å². The number of nitrogens with zero attached hydrogens (tertiary/aromatic N) is 4. The Morgan fingerprint density at radius 3 is 2.49 bits per heavy atom. The lowest BCUT2D eigenvalue weighted by Gasteiger charge is -2.31. The zero-order valence-corrected chi connectivity index (χ0v) is 24.7. The van der Waals surface area contributed by atoms with E-state index in [1.54, 1.807) is 19.1 Å². The van der Waals surface area contributed by atoms with E-state index >= 15 is 0 Å². The van der Waals surface area contributed by atoms with Gasteiger partial charge in [0.25, 0.3) is 0 Å². The van der Waals surface area contributed by atoms with Crippen LogP contribution in [0, 0.1) is 0 Å². The predicted molar refractivity (Wildman–Crippen MR) is 159 cm³/mol. The zero-order chi connectivity index (χ0) is 29.0. The van der Waals surface area contributed by atoms with Crippen LogP contribution in [0.15, 0.2) is 70.9 Å². The molecule has 1 aliphatic rings. The van der Waals surface area contributed by atoms with Gasteiger partial charge in [0.1, 0.15) is 18.1 Å². The molecule has 10 nitrogen and oxygen atoms in total. The van der Waals surface area contributed by atoms with E-state index in [0.717, 1.165) is 25.7 Å². The highest BCUT2D eigenvalue weighted by Gasteiger charge is 2.35. The summed E-state index contributed by atoms with van der Waals surface area (Å²) in [5, 5.41) is 13.4. The number of thiophene rings is 1. The minimum Gasteiger partial charge on any atom is -0.351 e. The number of hydrogen-bond donors (Lipinski definition) is 2. The third-order valence-corrected chi connectivity index (χ3v) is 9.92. The molecule has 0 radical (unpaired) electrons. The van der Waals surface area contributed by atoms with E-state index in [-0.39, 0.29) is 35.3 Å². The third-order valence-electron chi connectivity index (χ3n) is 7.39. The van der Waals surface area contributed by atoms with Gasteiger partial charge in [-0.2, -0.15) is 0 Å². The van der Waals surface area contributed by atoms with E-state index in [2.05, 4.69) is 20.4 Å². The van der Waals surface area contributed by atoms with Crippen LogP contribution < -0.4 is 14.9 Å². The van der Waals surface area contributed by atoms with E-state index in [1.165, 1.54) is 33.1 Å². The molecule has 12 heteroatoms. The second-order valence-electron chi connectivity index (χ2n) is 10.3. The molecule has 2 heterocycles. The Morgan fingerprint density at radius 2 is 1.80 bits per heavy atom. The monoisotopic (exact) mass is 594 g/mol. The molecule has 4 aromatic rings. The van der Waals surface area contributed by atoms with Crippen LogP contribution in [0.1, 0.15) is 56.9 Å². The maximum absolute atomic E-state index is 14.1. The number of hydrogen-bond acceptors (Lipinski definition) is 7. The van der Waals surface area contributed by atoms with Crippen molar-refractivity contribution in [2.24, 2.45) is 0 Å².